The van der Waals surface area contributed by atoms with E-state index in [1.54, 1.807) is 12.1 Å². The van der Waals surface area contributed by atoms with Gasteiger partial charge in [0.1, 0.15) is 5.82 Å². The van der Waals surface area contributed by atoms with Crippen LogP contribution < -0.4 is 5.73 Å². The Kier molecular flexibility index (Phi) is 3.21. The Bertz CT molecular complexity index is 430. The van der Waals surface area contributed by atoms with E-state index < -0.39 is 0 Å². The second-order valence-corrected chi connectivity index (χ2v) is 6.55. The summed E-state index contributed by atoms with van der Waals surface area (Å²) in [7, 11) is 0. The van der Waals surface area contributed by atoms with Gasteiger partial charge in [0.2, 0.25) is 0 Å². The average molecular weight is 256 g/mol. The van der Waals surface area contributed by atoms with Crippen LogP contribution in [0, 0.1) is 11.2 Å². The summed E-state index contributed by atoms with van der Waals surface area (Å²) in [5.41, 5.74) is 7.06. The highest BCUT2D eigenvalue weighted by molar-refractivity contribution is 6.30. The predicted octanol–water partition coefficient (Wildman–Crippen LogP) is 3.93. The van der Waals surface area contributed by atoms with Gasteiger partial charge in [0.15, 0.2) is 0 Å². The second kappa shape index (κ2) is 4.25. The zero-order valence-corrected chi connectivity index (χ0v) is 11.1. The lowest BCUT2D eigenvalue weighted by atomic mass is 9.85. The summed E-state index contributed by atoms with van der Waals surface area (Å²) in [6.07, 6.45) is 3.61. The molecule has 1 aromatic carbocycles. The summed E-state index contributed by atoms with van der Waals surface area (Å²) < 4.78 is 13.7. The summed E-state index contributed by atoms with van der Waals surface area (Å²) >= 11 is 5.74. The molecule has 1 atom stereocenters. The third kappa shape index (κ3) is 2.99. The van der Waals surface area contributed by atoms with Crippen LogP contribution in [0.1, 0.15) is 38.7 Å². The molecular weight excluding hydrogens is 237 g/mol. The van der Waals surface area contributed by atoms with Crippen molar-refractivity contribution in [1.29, 1.82) is 0 Å². The van der Waals surface area contributed by atoms with Crippen LogP contribution in [-0.2, 0) is 6.42 Å². The Morgan fingerprint density at radius 2 is 2.06 bits per heavy atom. The summed E-state index contributed by atoms with van der Waals surface area (Å²) in [5, 5.41) is 0.434. The van der Waals surface area contributed by atoms with Crippen molar-refractivity contribution in [2.75, 3.05) is 0 Å². The molecule has 1 aliphatic carbocycles. The topological polar surface area (TPSA) is 26.0 Å². The van der Waals surface area contributed by atoms with E-state index in [4.69, 9.17) is 17.3 Å². The molecule has 0 saturated heterocycles. The lowest BCUT2D eigenvalue weighted by molar-refractivity contribution is 0.332. The molecule has 0 aromatic heterocycles. The summed E-state index contributed by atoms with van der Waals surface area (Å²) in [4.78, 5) is 0. The van der Waals surface area contributed by atoms with Crippen molar-refractivity contribution in [3.05, 3.63) is 34.6 Å². The van der Waals surface area contributed by atoms with Gasteiger partial charge in [-0.1, -0.05) is 31.5 Å². The van der Waals surface area contributed by atoms with Gasteiger partial charge in [0, 0.05) is 10.6 Å². The first-order chi connectivity index (χ1) is 7.80. The Balaban J connectivity index is 2.16. The minimum absolute atomic E-state index is 0.243. The largest absolute Gasteiger partial charge is 0.325 e. The normalized spacial score (nSPS) is 27.4. The number of hydrogen-bond donors (Lipinski definition) is 1. The maximum atomic E-state index is 13.7. The van der Waals surface area contributed by atoms with E-state index >= 15 is 0 Å². The standard InChI is InChI=1S/C14H19ClFN/c1-13(2)5-6-14(17,9-13)8-10-3-4-11(15)7-12(10)16/h3-4,7H,5-6,8-9,17H2,1-2H3. The molecule has 2 N–H and O–H groups in total. The number of halogens is 2. The molecule has 1 aliphatic rings. The number of nitrogens with two attached hydrogens (primary N) is 1. The van der Waals surface area contributed by atoms with Gasteiger partial charge in [-0.3, -0.25) is 0 Å². The first-order valence-electron chi connectivity index (χ1n) is 6.03. The van der Waals surface area contributed by atoms with Gasteiger partial charge in [0.05, 0.1) is 0 Å². The summed E-state index contributed by atoms with van der Waals surface area (Å²) in [5.74, 6) is -0.243. The van der Waals surface area contributed by atoms with E-state index in [1.165, 1.54) is 6.07 Å². The molecule has 0 aliphatic heterocycles. The fraction of sp³-hybridized carbons (Fsp3) is 0.571. The minimum Gasteiger partial charge on any atom is -0.325 e. The fourth-order valence-electron chi connectivity index (χ4n) is 2.91. The third-order valence-corrected chi connectivity index (χ3v) is 3.92. The molecule has 0 amide bonds. The van der Waals surface area contributed by atoms with E-state index in [0.29, 0.717) is 17.0 Å². The van der Waals surface area contributed by atoms with Gasteiger partial charge in [-0.25, -0.2) is 4.39 Å². The molecular formula is C14H19ClFN. The SMILES string of the molecule is CC1(C)CCC(N)(Cc2ccc(Cl)cc2F)C1. The molecule has 1 aromatic rings. The maximum Gasteiger partial charge on any atom is 0.127 e. The van der Waals surface area contributed by atoms with Gasteiger partial charge in [0.25, 0.3) is 0 Å². The molecule has 94 valence electrons. The average Bonchev–Trinajstić information content (AvgIpc) is 2.46. The van der Waals surface area contributed by atoms with Crippen molar-refractivity contribution in [3.63, 3.8) is 0 Å². The highest BCUT2D eigenvalue weighted by Crippen LogP contribution is 2.43. The lowest BCUT2D eigenvalue weighted by Crippen LogP contribution is -2.40. The minimum atomic E-state index is -0.266. The van der Waals surface area contributed by atoms with Gasteiger partial charge in [-0.05, 0) is 48.8 Å². The number of benzene rings is 1. The van der Waals surface area contributed by atoms with Crippen LogP contribution in [0.2, 0.25) is 5.02 Å². The van der Waals surface area contributed by atoms with Crippen LogP contribution in [0.15, 0.2) is 18.2 Å². The summed E-state index contributed by atoms with van der Waals surface area (Å²) in [6, 6.07) is 4.83. The molecule has 0 radical (unpaired) electrons. The predicted molar refractivity (Wildman–Crippen MR) is 69.7 cm³/mol. The Morgan fingerprint density at radius 1 is 1.35 bits per heavy atom. The van der Waals surface area contributed by atoms with Crippen molar-refractivity contribution in [2.24, 2.45) is 11.1 Å². The van der Waals surface area contributed by atoms with E-state index in [0.717, 1.165) is 19.3 Å². The Hall–Kier alpha value is -0.600. The zero-order chi connectivity index (χ0) is 12.7. The number of hydrogen-bond acceptors (Lipinski definition) is 1. The van der Waals surface area contributed by atoms with Crippen molar-refractivity contribution in [3.8, 4) is 0 Å². The Morgan fingerprint density at radius 3 is 2.59 bits per heavy atom. The van der Waals surface area contributed by atoms with Gasteiger partial charge < -0.3 is 5.73 Å². The molecule has 0 spiro atoms. The first kappa shape index (κ1) is 12.8. The lowest BCUT2D eigenvalue weighted by Gasteiger charge is -2.26. The molecule has 1 unspecified atom stereocenters. The first-order valence-corrected chi connectivity index (χ1v) is 6.40. The van der Waals surface area contributed by atoms with E-state index in [2.05, 4.69) is 13.8 Å². The van der Waals surface area contributed by atoms with Gasteiger partial charge in [-0.15, -0.1) is 0 Å². The molecule has 3 heteroatoms. The van der Waals surface area contributed by atoms with Crippen LogP contribution in [0.25, 0.3) is 0 Å². The van der Waals surface area contributed by atoms with Crippen LogP contribution in [0.3, 0.4) is 0 Å². The molecule has 2 rings (SSSR count). The van der Waals surface area contributed by atoms with Crippen molar-refractivity contribution in [1.82, 2.24) is 0 Å². The Labute approximate surface area is 107 Å². The second-order valence-electron chi connectivity index (χ2n) is 6.12. The monoisotopic (exact) mass is 255 g/mol. The van der Waals surface area contributed by atoms with Gasteiger partial charge >= 0.3 is 0 Å². The molecule has 1 saturated carbocycles. The van der Waals surface area contributed by atoms with Crippen LogP contribution in [0.5, 0.6) is 0 Å². The van der Waals surface area contributed by atoms with Crippen molar-refractivity contribution in [2.45, 2.75) is 45.1 Å². The molecule has 1 fully saturated rings. The zero-order valence-electron chi connectivity index (χ0n) is 10.4. The molecule has 0 bridgehead atoms. The number of rotatable bonds is 2. The van der Waals surface area contributed by atoms with Gasteiger partial charge in [-0.2, -0.15) is 0 Å². The third-order valence-electron chi connectivity index (χ3n) is 3.69. The van der Waals surface area contributed by atoms with Crippen molar-refractivity contribution >= 4 is 11.6 Å². The quantitative estimate of drug-likeness (QED) is 0.851. The molecule has 1 nitrogen and oxygen atoms in total. The maximum absolute atomic E-state index is 13.7. The van der Waals surface area contributed by atoms with Crippen molar-refractivity contribution < 1.29 is 4.39 Å². The smallest absolute Gasteiger partial charge is 0.127 e. The molecule has 0 heterocycles. The van der Waals surface area contributed by atoms with Crippen LogP contribution in [-0.4, -0.2) is 5.54 Å². The van der Waals surface area contributed by atoms with E-state index in [9.17, 15) is 4.39 Å². The fourth-order valence-corrected chi connectivity index (χ4v) is 3.07. The highest BCUT2D eigenvalue weighted by Gasteiger charge is 2.40. The highest BCUT2D eigenvalue weighted by atomic mass is 35.5. The van der Waals surface area contributed by atoms with Crippen LogP contribution >= 0.6 is 11.6 Å². The summed E-state index contributed by atoms with van der Waals surface area (Å²) in [6.45, 7) is 4.44. The van der Waals surface area contributed by atoms with Crippen LogP contribution in [0.4, 0.5) is 4.39 Å². The van der Waals surface area contributed by atoms with E-state index in [-0.39, 0.29) is 16.8 Å². The molecule has 17 heavy (non-hydrogen) atoms. The van der Waals surface area contributed by atoms with E-state index in [1.807, 2.05) is 0 Å².